The van der Waals surface area contributed by atoms with Crippen LogP contribution in [0.3, 0.4) is 0 Å². The number of carbonyl (C=O) groups is 2. The molecule has 2 aliphatic heterocycles. The maximum Gasteiger partial charge on any atom is 0.256 e. The summed E-state index contributed by atoms with van der Waals surface area (Å²) in [6.45, 7) is 2.31. The molecule has 0 radical (unpaired) electrons. The van der Waals surface area contributed by atoms with Gasteiger partial charge < -0.3 is 19.3 Å². The normalized spacial score (nSPS) is 21.0. The summed E-state index contributed by atoms with van der Waals surface area (Å²) < 4.78 is 24.4. The third-order valence-electron chi connectivity index (χ3n) is 4.49. The molecule has 0 bridgehead atoms. The molecule has 7 heteroatoms. The van der Waals surface area contributed by atoms with Crippen LogP contribution in [0.5, 0.6) is 5.75 Å². The summed E-state index contributed by atoms with van der Waals surface area (Å²) >= 11 is 0. The van der Waals surface area contributed by atoms with Crippen molar-refractivity contribution in [2.24, 2.45) is 0 Å². The fourth-order valence-corrected chi connectivity index (χ4v) is 3.07. The maximum atomic E-state index is 14.0. The molecule has 1 aromatic carbocycles. The molecule has 1 unspecified atom stereocenters. The SMILES string of the molecule is COc1ccc(C(=O)N2CCN(C(=O)C3CCCO3)CC2)c(F)c1. The number of hydrogen-bond donors (Lipinski definition) is 0. The Morgan fingerprint density at radius 2 is 1.92 bits per heavy atom. The van der Waals surface area contributed by atoms with Crippen LogP contribution in [0.25, 0.3) is 0 Å². The Bertz CT molecular complexity index is 623. The van der Waals surface area contributed by atoms with Crippen molar-refractivity contribution in [2.75, 3.05) is 39.9 Å². The van der Waals surface area contributed by atoms with E-state index < -0.39 is 5.82 Å². The van der Waals surface area contributed by atoms with E-state index >= 15 is 0 Å². The van der Waals surface area contributed by atoms with Crippen LogP contribution in [0, 0.1) is 5.82 Å². The Morgan fingerprint density at radius 3 is 2.50 bits per heavy atom. The average molecular weight is 336 g/mol. The van der Waals surface area contributed by atoms with Crippen LogP contribution in [0.4, 0.5) is 4.39 Å². The van der Waals surface area contributed by atoms with E-state index in [9.17, 15) is 14.0 Å². The van der Waals surface area contributed by atoms with E-state index in [0.29, 0.717) is 38.5 Å². The van der Waals surface area contributed by atoms with Crippen LogP contribution >= 0.6 is 0 Å². The van der Waals surface area contributed by atoms with Gasteiger partial charge in [0.25, 0.3) is 11.8 Å². The minimum absolute atomic E-state index is 0.00442. The van der Waals surface area contributed by atoms with Crippen LogP contribution in [0.15, 0.2) is 18.2 Å². The fraction of sp³-hybridized carbons (Fsp3) is 0.529. The minimum Gasteiger partial charge on any atom is -0.497 e. The molecule has 2 aliphatic rings. The number of piperazine rings is 1. The number of methoxy groups -OCH3 is 1. The van der Waals surface area contributed by atoms with Crippen molar-refractivity contribution < 1.29 is 23.5 Å². The zero-order valence-electron chi connectivity index (χ0n) is 13.7. The van der Waals surface area contributed by atoms with Crippen LogP contribution in [0.2, 0.25) is 0 Å². The summed E-state index contributed by atoms with van der Waals surface area (Å²) in [5, 5.41) is 0. The molecule has 2 saturated heterocycles. The number of benzene rings is 1. The van der Waals surface area contributed by atoms with Crippen LogP contribution in [0.1, 0.15) is 23.2 Å². The topological polar surface area (TPSA) is 59.1 Å². The molecule has 2 heterocycles. The number of hydrogen-bond acceptors (Lipinski definition) is 4. The highest BCUT2D eigenvalue weighted by atomic mass is 19.1. The molecule has 0 N–H and O–H groups in total. The average Bonchev–Trinajstić information content (AvgIpc) is 3.15. The Morgan fingerprint density at radius 1 is 1.21 bits per heavy atom. The smallest absolute Gasteiger partial charge is 0.256 e. The molecule has 0 aromatic heterocycles. The van der Waals surface area contributed by atoms with Crippen molar-refractivity contribution in [1.82, 2.24) is 9.80 Å². The molecular weight excluding hydrogens is 315 g/mol. The summed E-state index contributed by atoms with van der Waals surface area (Å²) in [7, 11) is 1.45. The lowest BCUT2D eigenvalue weighted by Gasteiger charge is -2.35. The van der Waals surface area contributed by atoms with Gasteiger partial charge >= 0.3 is 0 Å². The lowest BCUT2D eigenvalue weighted by molar-refractivity contribution is -0.142. The molecule has 2 amide bonds. The van der Waals surface area contributed by atoms with E-state index in [-0.39, 0.29) is 23.5 Å². The quantitative estimate of drug-likeness (QED) is 0.835. The van der Waals surface area contributed by atoms with Gasteiger partial charge in [-0.05, 0) is 25.0 Å². The van der Waals surface area contributed by atoms with Gasteiger partial charge in [0.05, 0.1) is 12.7 Å². The Hall–Kier alpha value is -2.15. The fourth-order valence-electron chi connectivity index (χ4n) is 3.07. The highest BCUT2D eigenvalue weighted by Gasteiger charge is 2.32. The summed E-state index contributed by atoms with van der Waals surface area (Å²) in [6, 6.07) is 4.19. The second-order valence-corrected chi connectivity index (χ2v) is 5.96. The summed E-state index contributed by atoms with van der Waals surface area (Å²) in [5.41, 5.74) is 0.0229. The first-order valence-electron chi connectivity index (χ1n) is 8.13. The van der Waals surface area contributed by atoms with E-state index in [0.717, 1.165) is 12.8 Å². The van der Waals surface area contributed by atoms with Gasteiger partial charge in [0, 0.05) is 38.9 Å². The van der Waals surface area contributed by atoms with Gasteiger partial charge in [-0.25, -0.2) is 4.39 Å². The number of rotatable bonds is 3. The molecule has 3 rings (SSSR count). The molecule has 0 spiro atoms. The van der Waals surface area contributed by atoms with Gasteiger partial charge in [0.1, 0.15) is 17.7 Å². The van der Waals surface area contributed by atoms with Crippen molar-refractivity contribution in [3.63, 3.8) is 0 Å². The summed E-state index contributed by atoms with van der Waals surface area (Å²) in [5.74, 6) is -0.595. The number of halogens is 1. The number of ether oxygens (including phenoxy) is 2. The first kappa shape index (κ1) is 16.7. The molecule has 1 atom stereocenters. The molecular formula is C17H21FN2O4. The third-order valence-corrected chi connectivity index (χ3v) is 4.49. The number of carbonyl (C=O) groups excluding carboxylic acids is 2. The predicted octanol–water partition coefficient (Wildman–Crippen LogP) is 1.30. The van der Waals surface area contributed by atoms with Gasteiger partial charge in [0.2, 0.25) is 0 Å². The maximum absolute atomic E-state index is 14.0. The summed E-state index contributed by atoms with van der Waals surface area (Å²) in [6.07, 6.45) is 1.33. The molecule has 130 valence electrons. The first-order valence-corrected chi connectivity index (χ1v) is 8.13. The van der Waals surface area contributed by atoms with Crippen LogP contribution < -0.4 is 4.74 Å². The molecule has 2 fully saturated rings. The van der Waals surface area contributed by atoms with Gasteiger partial charge in [-0.15, -0.1) is 0 Å². The number of nitrogens with zero attached hydrogens (tertiary/aromatic N) is 2. The summed E-state index contributed by atoms with van der Waals surface area (Å²) in [4.78, 5) is 28.1. The molecule has 0 aliphatic carbocycles. The predicted molar refractivity (Wildman–Crippen MR) is 84.4 cm³/mol. The Kier molecular flexibility index (Phi) is 4.99. The van der Waals surface area contributed by atoms with Crippen molar-refractivity contribution in [2.45, 2.75) is 18.9 Å². The zero-order valence-corrected chi connectivity index (χ0v) is 13.7. The van der Waals surface area contributed by atoms with E-state index in [4.69, 9.17) is 9.47 Å². The Labute approximate surface area is 140 Å². The van der Waals surface area contributed by atoms with Gasteiger partial charge in [0.15, 0.2) is 0 Å². The Balaban J connectivity index is 1.60. The second-order valence-electron chi connectivity index (χ2n) is 5.96. The standard InChI is InChI=1S/C17H21FN2O4/c1-23-12-4-5-13(14(18)11-12)16(21)19-6-8-20(9-7-19)17(22)15-3-2-10-24-15/h4-5,11,15H,2-3,6-10H2,1H3. The minimum atomic E-state index is -0.600. The van der Waals surface area contributed by atoms with Crippen LogP contribution in [-0.2, 0) is 9.53 Å². The second kappa shape index (κ2) is 7.17. The monoisotopic (exact) mass is 336 g/mol. The van der Waals surface area contributed by atoms with E-state index in [1.54, 1.807) is 15.9 Å². The molecule has 1 aromatic rings. The lowest BCUT2D eigenvalue weighted by atomic mass is 10.1. The highest BCUT2D eigenvalue weighted by molar-refractivity contribution is 5.95. The largest absolute Gasteiger partial charge is 0.497 e. The van der Waals surface area contributed by atoms with Gasteiger partial charge in [-0.3, -0.25) is 9.59 Å². The van der Waals surface area contributed by atoms with E-state index in [2.05, 4.69) is 0 Å². The zero-order chi connectivity index (χ0) is 17.1. The molecule has 0 saturated carbocycles. The number of amides is 2. The van der Waals surface area contributed by atoms with Crippen molar-refractivity contribution in [3.05, 3.63) is 29.6 Å². The molecule has 6 nitrogen and oxygen atoms in total. The van der Waals surface area contributed by atoms with E-state index in [1.807, 2.05) is 0 Å². The first-order chi connectivity index (χ1) is 11.6. The van der Waals surface area contributed by atoms with Gasteiger partial charge in [-0.2, -0.15) is 0 Å². The van der Waals surface area contributed by atoms with Gasteiger partial charge in [-0.1, -0.05) is 0 Å². The highest BCUT2D eigenvalue weighted by Crippen LogP contribution is 2.20. The van der Waals surface area contributed by atoms with Crippen molar-refractivity contribution in [3.8, 4) is 5.75 Å². The van der Waals surface area contributed by atoms with Crippen molar-refractivity contribution >= 4 is 11.8 Å². The van der Waals surface area contributed by atoms with Crippen molar-refractivity contribution in [1.29, 1.82) is 0 Å². The van der Waals surface area contributed by atoms with Crippen LogP contribution in [-0.4, -0.2) is 67.6 Å². The third kappa shape index (κ3) is 3.36. The molecule has 24 heavy (non-hydrogen) atoms. The lowest BCUT2D eigenvalue weighted by Crippen LogP contribution is -2.52. The van der Waals surface area contributed by atoms with E-state index in [1.165, 1.54) is 19.2 Å².